The van der Waals surface area contributed by atoms with Crippen LogP contribution in [0, 0.1) is 0 Å². The van der Waals surface area contributed by atoms with Gasteiger partial charge < -0.3 is 80.9 Å². The molecule has 15 atom stereocenters. The fourth-order valence-electron chi connectivity index (χ4n) is 7.31. The van der Waals surface area contributed by atoms with Crippen molar-refractivity contribution in [2.75, 3.05) is 26.4 Å². The maximum atomic E-state index is 13.0. The number of rotatable bonds is 22. The third-order valence-corrected chi connectivity index (χ3v) is 9.64. The van der Waals surface area contributed by atoms with Crippen molar-refractivity contribution < 1.29 is 134 Å². The molecule has 3 heterocycles. The number of hydrogen-bond donors (Lipinski definition) is 1. The highest BCUT2D eigenvalue weighted by molar-refractivity contribution is 5.70. The van der Waals surface area contributed by atoms with Gasteiger partial charge in [0.15, 0.2) is 61.6 Å². The molecule has 0 spiro atoms. The summed E-state index contributed by atoms with van der Waals surface area (Å²) in [7, 11) is 0. The lowest BCUT2D eigenvalue weighted by Crippen LogP contribution is -2.69. The second kappa shape index (κ2) is 27.4. The monoisotopic (exact) mass is 1010 g/mol. The summed E-state index contributed by atoms with van der Waals surface area (Å²) in [5.41, 5.74) is 0. The van der Waals surface area contributed by atoms with E-state index in [1.165, 1.54) is 0 Å². The van der Waals surface area contributed by atoms with Gasteiger partial charge in [0.05, 0.1) is 6.61 Å². The molecule has 6 unspecified atom stereocenters. The number of esters is 10. The van der Waals surface area contributed by atoms with Crippen molar-refractivity contribution in [2.45, 2.75) is 174 Å². The predicted octanol–water partition coefficient (Wildman–Crippen LogP) is -0.976. The lowest BCUT2D eigenvalue weighted by Gasteiger charge is -2.50. The van der Waals surface area contributed by atoms with Crippen molar-refractivity contribution in [3.63, 3.8) is 0 Å². The Balaban J connectivity index is 2.29. The minimum Gasteiger partial charge on any atom is -0.481 e. The van der Waals surface area contributed by atoms with Gasteiger partial charge in [0, 0.05) is 75.7 Å². The largest absolute Gasteiger partial charge is 0.481 e. The van der Waals surface area contributed by atoms with Crippen LogP contribution >= 0.6 is 0 Å². The molecule has 0 bridgehead atoms. The summed E-state index contributed by atoms with van der Waals surface area (Å²) in [5.74, 6) is -10.9. The van der Waals surface area contributed by atoms with Gasteiger partial charge in [0.2, 0.25) is 0 Å². The van der Waals surface area contributed by atoms with E-state index in [1.54, 1.807) is 0 Å². The van der Waals surface area contributed by atoms with Gasteiger partial charge in [-0.25, -0.2) is 0 Å². The van der Waals surface area contributed by atoms with E-state index in [0.717, 1.165) is 69.2 Å². The topological polar surface area (TPSA) is 356 Å². The average Bonchev–Trinajstić information content (AvgIpc) is 3.22. The molecule has 3 aliphatic rings. The lowest BCUT2D eigenvalue weighted by atomic mass is 9.95. The van der Waals surface area contributed by atoms with Crippen LogP contribution in [0.15, 0.2) is 0 Å². The molecular weight excluding hydrogens is 952 g/mol. The van der Waals surface area contributed by atoms with E-state index in [0.29, 0.717) is 0 Å². The molecule has 28 heteroatoms. The highest BCUT2D eigenvalue weighted by atomic mass is 16.8. The summed E-state index contributed by atoms with van der Waals surface area (Å²) in [4.78, 5) is 137. The standard InChI is InChI=1S/C42H58O28/c1-17(43)56-14-27-31(59-20(4)46)34(60-21(5)47)38(64-25(9)51)41(67-27)70-33-29(16-58-19(3)45)68-42(39(65-26(10)52)36(33)62-23(7)49)69-32-28(15-57-18(2)44)66-40(55-13-11-12-30(53)54)37(63-24(8)50)35(32)61-22(6)48/h27-29,31-42H,11-16H2,1-10H3,(H,53,54)/t27?,28?,29?,31-,32+,33-,34-,35-,36+,37?,38?,39?,40+,41+,42-/m0/s1. The van der Waals surface area contributed by atoms with Crippen molar-refractivity contribution in [3.8, 4) is 0 Å². The zero-order chi connectivity index (χ0) is 52.6. The fraction of sp³-hybridized carbons (Fsp3) is 0.738. The minimum absolute atomic E-state index is 0.0726. The first kappa shape index (κ1) is 58.2. The normalized spacial score (nSPS) is 30.5. The number of hydrogen-bond acceptors (Lipinski definition) is 27. The molecule has 1 N–H and O–H groups in total. The molecule has 0 aliphatic carbocycles. The first-order valence-electron chi connectivity index (χ1n) is 21.5. The first-order valence-corrected chi connectivity index (χ1v) is 21.5. The predicted molar refractivity (Wildman–Crippen MR) is 217 cm³/mol. The molecule has 0 amide bonds. The lowest BCUT2D eigenvalue weighted by molar-refractivity contribution is -0.380. The van der Waals surface area contributed by atoms with E-state index in [4.69, 9.17) is 80.9 Å². The van der Waals surface area contributed by atoms with Gasteiger partial charge in [-0.1, -0.05) is 0 Å². The third kappa shape index (κ3) is 18.4. The number of carbonyl (C=O) groups is 11. The molecule has 394 valence electrons. The van der Waals surface area contributed by atoms with Crippen LogP contribution in [0.2, 0.25) is 0 Å². The number of ether oxygens (including phenoxy) is 16. The summed E-state index contributed by atoms with van der Waals surface area (Å²) in [6.45, 7) is 7.31. The second-order valence-corrected chi connectivity index (χ2v) is 15.6. The third-order valence-electron chi connectivity index (χ3n) is 9.64. The van der Waals surface area contributed by atoms with Crippen LogP contribution in [-0.2, 0) is 129 Å². The highest BCUT2D eigenvalue weighted by Crippen LogP contribution is 2.38. The van der Waals surface area contributed by atoms with Crippen molar-refractivity contribution in [2.24, 2.45) is 0 Å². The Morgan fingerprint density at radius 2 is 0.629 bits per heavy atom. The molecule has 0 radical (unpaired) electrons. The second-order valence-electron chi connectivity index (χ2n) is 15.6. The van der Waals surface area contributed by atoms with Crippen molar-refractivity contribution in [3.05, 3.63) is 0 Å². The molecule has 0 aromatic rings. The van der Waals surface area contributed by atoms with Crippen LogP contribution in [0.25, 0.3) is 0 Å². The van der Waals surface area contributed by atoms with Crippen LogP contribution < -0.4 is 0 Å². The number of carbonyl (C=O) groups excluding carboxylic acids is 10. The highest BCUT2D eigenvalue weighted by Gasteiger charge is 2.60. The van der Waals surface area contributed by atoms with Crippen LogP contribution in [-0.4, -0.2) is 189 Å². The van der Waals surface area contributed by atoms with Gasteiger partial charge in [-0.05, 0) is 6.42 Å². The van der Waals surface area contributed by atoms with Gasteiger partial charge >= 0.3 is 65.7 Å². The first-order chi connectivity index (χ1) is 32.8. The van der Waals surface area contributed by atoms with Crippen LogP contribution in [0.3, 0.4) is 0 Å². The number of carboxylic acids is 1. The summed E-state index contributed by atoms with van der Waals surface area (Å²) < 4.78 is 91.6. The van der Waals surface area contributed by atoms with E-state index in [9.17, 15) is 52.7 Å². The Morgan fingerprint density at radius 1 is 0.357 bits per heavy atom. The van der Waals surface area contributed by atoms with Crippen molar-refractivity contribution in [1.29, 1.82) is 0 Å². The van der Waals surface area contributed by atoms with Gasteiger partial charge in [-0.15, -0.1) is 0 Å². The van der Waals surface area contributed by atoms with Crippen LogP contribution in [0.4, 0.5) is 0 Å². The van der Waals surface area contributed by atoms with Gasteiger partial charge in [-0.3, -0.25) is 52.7 Å². The van der Waals surface area contributed by atoms with E-state index >= 15 is 0 Å². The molecule has 3 fully saturated rings. The molecule has 0 saturated carbocycles. The van der Waals surface area contributed by atoms with E-state index in [2.05, 4.69) is 0 Å². The zero-order valence-electron chi connectivity index (χ0n) is 39.9. The number of aliphatic carboxylic acids is 1. The molecule has 28 nitrogen and oxygen atoms in total. The Bertz CT molecular complexity index is 1900. The Labute approximate surface area is 399 Å². The summed E-state index contributed by atoms with van der Waals surface area (Å²) in [6.07, 6.45) is -27.4. The van der Waals surface area contributed by atoms with E-state index < -0.39 is 178 Å². The van der Waals surface area contributed by atoms with Crippen molar-refractivity contribution in [1.82, 2.24) is 0 Å². The van der Waals surface area contributed by atoms with Crippen LogP contribution in [0.1, 0.15) is 82.1 Å². The minimum atomic E-state index is -2.05. The Kier molecular flexibility index (Phi) is 22.8. The quantitative estimate of drug-likeness (QED) is 0.0774. The van der Waals surface area contributed by atoms with Gasteiger partial charge in [0.25, 0.3) is 0 Å². The molecular formula is C42H58O28. The Hall–Kier alpha value is -6.07. The SMILES string of the molecule is CC(=O)OCC1O[C@@H](OCCCC(=O)O)C(OC(C)=O)[C@@H](OC(C)=O)[C@@H]1O[C@@H]1OC(COC(C)=O)[C@H](O[C@H]2OC(COC(C)=O)[C@H](OC(C)=O)[C@H](OC(C)=O)C2OC(C)=O)[C@@H](OC(C)=O)C1OC(C)=O. The summed E-state index contributed by atoms with van der Waals surface area (Å²) in [5, 5.41) is 9.15. The van der Waals surface area contributed by atoms with Gasteiger partial charge in [0.1, 0.15) is 50.3 Å². The Morgan fingerprint density at radius 3 is 0.943 bits per heavy atom. The maximum absolute atomic E-state index is 13.0. The molecule has 0 aromatic heterocycles. The van der Waals surface area contributed by atoms with Crippen LogP contribution in [0.5, 0.6) is 0 Å². The molecule has 3 saturated heterocycles. The maximum Gasteiger partial charge on any atom is 0.303 e. The summed E-state index contributed by atoms with van der Waals surface area (Å²) in [6, 6.07) is 0. The molecule has 0 aromatic carbocycles. The number of carboxylic acid groups (broad SMARTS) is 1. The smallest absolute Gasteiger partial charge is 0.303 e. The summed E-state index contributed by atoms with van der Waals surface area (Å²) >= 11 is 0. The molecule has 70 heavy (non-hydrogen) atoms. The van der Waals surface area contributed by atoms with Crippen molar-refractivity contribution >= 4 is 65.7 Å². The molecule has 3 aliphatic heterocycles. The fourth-order valence-corrected chi connectivity index (χ4v) is 7.31. The average molecular weight is 1010 g/mol. The zero-order valence-corrected chi connectivity index (χ0v) is 39.9. The van der Waals surface area contributed by atoms with E-state index in [1.807, 2.05) is 0 Å². The van der Waals surface area contributed by atoms with Gasteiger partial charge in [-0.2, -0.15) is 0 Å². The molecule has 3 rings (SSSR count). The van der Waals surface area contributed by atoms with E-state index in [-0.39, 0.29) is 19.4 Å².